The van der Waals surface area contributed by atoms with Crippen molar-refractivity contribution in [3.05, 3.63) is 47.8 Å². The lowest BCUT2D eigenvalue weighted by Gasteiger charge is -2.28. The standard InChI is InChI=1S/C25H30N6O5/c1-25(2,3)36-24(33)28-11-6-14-35-18-9-8-17-19(20(18)34-4)29-23(31-13-12-27-21(17)31)30-22(32)16-7-5-10-26-15-16/h5,7-10,15H,6,11-14H2,1-4H3,(H,28,33)(H,29,30,32). The van der Waals surface area contributed by atoms with Crippen molar-refractivity contribution < 1.29 is 23.8 Å². The molecule has 0 bridgehead atoms. The number of rotatable bonds is 7. The fourth-order valence-corrected chi connectivity index (χ4v) is 3.73. The lowest BCUT2D eigenvalue weighted by atomic mass is 10.1. The van der Waals surface area contributed by atoms with Crippen LogP contribution in [0, 0.1) is 0 Å². The lowest BCUT2D eigenvalue weighted by Crippen LogP contribution is -2.47. The molecule has 11 nitrogen and oxygen atoms in total. The number of guanidine groups is 1. The van der Waals surface area contributed by atoms with E-state index in [2.05, 4.69) is 20.6 Å². The van der Waals surface area contributed by atoms with Crippen LogP contribution in [0.25, 0.3) is 0 Å². The Labute approximate surface area is 209 Å². The van der Waals surface area contributed by atoms with E-state index in [-0.39, 0.29) is 5.91 Å². The van der Waals surface area contributed by atoms with Crippen LogP contribution in [0.3, 0.4) is 0 Å². The van der Waals surface area contributed by atoms with Crippen LogP contribution in [0.1, 0.15) is 43.1 Å². The summed E-state index contributed by atoms with van der Waals surface area (Å²) in [7, 11) is 1.54. The number of pyridine rings is 1. The number of benzene rings is 1. The first-order valence-electron chi connectivity index (χ1n) is 11.7. The molecule has 0 fully saturated rings. The van der Waals surface area contributed by atoms with E-state index in [0.29, 0.717) is 67.2 Å². The summed E-state index contributed by atoms with van der Waals surface area (Å²) in [6, 6.07) is 7.08. The molecule has 4 rings (SSSR count). The molecule has 2 aliphatic rings. The van der Waals surface area contributed by atoms with Gasteiger partial charge in [-0.1, -0.05) is 0 Å². The topological polar surface area (TPSA) is 127 Å². The third kappa shape index (κ3) is 5.73. The number of ether oxygens (including phenoxy) is 3. The summed E-state index contributed by atoms with van der Waals surface area (Å²) in [5, 5.41) is 5.58. The molecule has 0 aliphatic carbocycles. The number of hydrogen-bond acceptors (Lipinski definition) is 9. The van der Waals surface area contributed by atoms with Crippen LogP contribution in [0.5, 0.6) is 11.5 Å². The predicted octanol–water partition coefficient (Wildman–Crippen LogP) is 2.88. The Hall–Kier alpha value is -4.15. The lowest BCUT2D eigenvalue weighted by molar-refractivity contribution is 0.0525. The summed E-state index contributed by atoms with van der Waals surface area (Å²) in [4.78, 5) is 39.8. The molecule has 2 N–H and O–H groups in total. The maximum Gasteiger partial charge on any atom is 0.407 e. The Bertz CT molecular complexity index is 1190. The third-order valence-electron chi connectivity index (χ3n) is 5.25. The van der Waals surface area contributed by atoms with Crippen LogP contribution in [0.15, 0.2) is 46.6 Å². The minimum absolute atomic E-state index is 0.319. The van der Waals surface area contributed by atoms with Gasteiger partial charge in [-0.25, -0.2) is 9.79 Å². The third-order valence-corrected chi connectivity index (χ3v) is 5.25. The van der Waals surface area contributed by atoms with Crippen LogP contribution in [0.4, 0.5) is 10.5 Å². The van der Waals surface area contributed by atoms with Crippen molar-refractivity contribution in [1.82, 2.24) is 20.5 Å². The van der Waals surface area contributed by atoms with Crippen molar-refractivity contribution in [2.24, 2.45) is 9.98 Å². The molecule has 2 aromatic rings. The van der Waals surface area contributed by atoms with E-state index < -0.39 is 11.7 Å². The Morgan fingerprint density at radius 2 is 2.03 bits per heavy atom. The summed E-state index contributed by atoms with van der Waals surface area (Å²) in [6.45, 7) is 7.36. The van der Waals surface area contributed by atoms with Crippen molar-refractivity contribution in [3.63, 3.8) is 0 Å². The van der Waals surface area contributed by atoms with Crippen molar-refractivity contribution in [3.8, 4) is 11.5 Å². The Morgan fingerprint density at radius 1 is 1.19 bits per heavy atom. The summed E-state index contributed by atoms with van der Waals surface area (Å²) < 4.78 is 16.8. The predicted molar refractivity (Wildman–Crippen MR) is 134 cm³/mol. The van der Waals surface area contributed by atoms with E-state index in [4.69, 9.17) is 19.2 Å². The SMILES string of the molecule is COc1c(OCCCNC(=O)OC(C)(C)C)ccc2c1N=C(NC(=O)c1cccnc1)N1CCN=C21. The van der Waals surface area contributed by atoms with Crippen molar-refractivity contribution in [1.29, 1.82) is 0 Å². The van der Waals surface area contributed by atoms with Crippen molar-refractivity contribution in [2.75, 3.05) is 33.4 Å². The van der Waals surface area contributed by atoms with Crippen molar-refractivity contribution >= 4 is 29.5 Å². The number of alkyl carbamates (subject to hydrolysis) is 1. The number of fused-ring (bicyclic) bond motifs is 3. The van der Waals surface area contributed by atoms with Gasteiger partial charge >= 0.3 is 6.09 Å². The highest BCUT2D eigenvalue weighted by Gasteiger charge is 2.33. The zero-order chi connectivity index (χ0) is 25.7. The number of amidine groups is 1. The number of nitrogens with zero attached hydrogens (tertiary/aromatic N) is 4. The number of aromatic nitrogens is 1. The van der Waals surface area contributed by atoms with Crippen LogP contribution in [-0.2, 0) is 4.74 Å². The molecule has 2 amide bonds. The van der Waals surface area contributed by atoms with Gasteiger partial charge in [-0.3, -0.25) is 25.0 Å². The molecular weight excluding hydrogens is 464 g/mol. The quantitative estimate of drug-likeness (QED) is 0.567. The van der Waals surface area contributed by atoms with Crippen LogP contribution < -0.4 is 20.1 Å². The molecule has 0 radical (unpaired) electrons. The molecule has 3 heterocycles. The molecule has 36 heavy (non-hydrogen) atoms. The first kappa shape index (κ1) is 25.0. The molecule has 0 unspecified atom stereocenters. The highest BCUT2D eigenvalue weighted by atomic mass is 16.6. The van der Waals surface area contributed by atoms with Gasteiger partial charge in [0.05, 0.1) is 25.8 Å². The summed E-state index contributed by atoms with van der Waals surface area (Å²) in [5.74, 6) is 1.70. The summed E-state index contributed by atoms with van der Waals surface area (Å²) in [6.07, 6.45) is 3.20. The van der Waals surface area contributed by atoms with Crippen LogP contribution in [-0.4, -0.2) is 72.6 Å². The summed E-state index contributed by atoms with van der Waals surface area (Å²) >= 11 is 0. The average Bonchev–Trinajstić information content (AvgIpc) is 3.33. The maximum atomic E-state index is 12.8. The van der Waals surface area contributed by atoms with Gasteiger partial charge in [-0.05, 0) is 51.5 Å². The highest BCUT2D eigenvalue weighted by molar-refractivity contribution is 6.20. The Balaban J connectivity index is 1.48. The number of aliphatic imine (C=N–C) groups is 2. The minimum Gasteiger partial charge on any atom is -0.491 e. The highest BCUT2D eigenvalue weighted by Crippen LogP contribution is 2.43. The van der Waals surface area contributed by atoms with E-state index in [1.807, 2.05) is 37.8 Å². The molecule has 0 atom stereocenters. The second-order valence-electron chi connectivity index (χ2n) is 9.11. The van der Waals surface area contributed by atoms with Gasteiger partial charge in [-0.15, -0.1) is 0 Å². The van der Waals surface area contributed by atoms with Gasteiger partial charge in [0, 0.05) is 31.0 Å². The van der Waals surface area contributed by atoms with Gasteiger partial charge in [0.15, 0.2) is 11.5 Å². The number of amides is 2. The van der Waals surface area contributed by atoms with Crippen molar-refractivity contribution in [2.45, 2.75) is 32.8 Å². The molecule has 0 saturated heterocycles. The van der Waals surface area contributed by atoms with E-state index in [1.165, 1.54) is 6.20 Å². The first-order valence-corrected chi connectivity index (χ1v) is 11.7. The number of hydrogen-bond donors (Lipinski definition) is 2. The number of nitrogens with one attached hydrogen (secondary N) is 2. The van der Waals surface area contributed by atoms with Gasteiger partial charge < -0.3 is 19.5 Å². The van der Waals surface area contributed by atoms with Crippen LogP contribution >= 0.6 is 0 Å². The molecule has 2 aliphatic heterocycles. The van der Waals surface area contributed by atoms with Gasteiger partial charge in [0.2, 0.25) is 5.96 Å². The molecule has 0 saturated carbocycles. The molecular formula is C25H30N6O5. The fourth-order valence-electron chi connectivity index (χ4n) is 3.73. The summed E-state index contributed by atoms with van der Waals surface area (Å²) in [5.41, 5.74) is 1.20. The van der Waals surface area contributed by atoms with E-state index in [0.717, 1.165) is 5.56 Å². The number of methoxy groups -OCH3 is 1. The van der Waals surface area contributed by atoms with Crippen LogP contribution in [0.2, 0.25) is 0 Å². The second-order valence-corrected chi connectivity index (χ2v) is 9.11. The Morgan fingerprint density at radius 3 is 2.75 bits per heavy atom. The second kappa shape index (κ2) is 10.6. The first-order chi connectivity index (χ1) is 17.3. The molecule has 0 spiro atoms. The number of carbonyl (C=O) groups is 2. The minimum atomic E-state index is -0.549. The van der Waals surface area contributed by atoms with E-state index >= 15 is 0 Å². The normalized spacial score (nSPS) is 14.2. The Kier molecular flexibility index (Phi) is 7.37. The molecule has 1 aromatic carbocycles. The molecule has 190 valence electrons. The van der Waals surface area contributed by atoms with Gasteiger partial charge in [0.25, 0.3) is 5.91 Å². The zero-order valence-electron chi connectivity index (χ0n) is 20.8. The maximum absolute atomic E-state index is 12.8. The molecule has 11 heteroatoms. The van der Waals surface area contributed by atoms with E-state index in [1.54, 1.807) is 25.4 Å². The monoisotopic (exact) mass is 494 g/mol. The smallest absolute Gasteiger partial charge is 0.407 e. The largest absolute Gasteiger partial charge is 0.491 e. The zero-order valence-corrected chi connectivity index (χ0v) is 20.8. The van der Waals surface area contributed by atoms with Gasteiger partial charge in [0.1, 0.15) is 17.1 Å². The van der Waals surface area contributed by atoms with E-state index in [9.17, 15) is 9.59 Å². The number of carbonyl (C=O) groups excluding carboxylic acids is 2. The molecule has 1 aromatic heterocycles. The van der Waals surface area contributed by atoms with Gasteiger partial charge in [-0.2, -0.15) is 0 Å². The average molecular weight is 495 g/mol. The fraction of sp³-hybridized carbons (Fsp3) is 0.400.